The third kappa shape index (κ3) is 8.29. The zero-order chi connectivity index (χ0) is 33.5. The van der Waals surface area contributed by atoms with Gasteiger partial charge in [-0.05, 0) is 74.0 Å². The van der Waals surface area contributed by atoms with Gasteiger partial charge in [-0.25, -0.2) is 9.97 Å². The second kappa shape index (κ2) is 14.8. The maximum Gasteiger partial charge on any atom is 0.258 e. The fourth-order valence-corrected chi connectivity index (χ4v) is 5.08. The van der Waals surface area contributed by atoms with Crippen molar-refractivity contribution < 1.29 is 19.1 Å². The summed E-state index contributed by atoms with van der Waals surface area (Å²) in [6.45, 7) is 3.52. The summed E-state index contributed by atoms with van der Waals surface area (Å²) < 4.78 is 6.08. The Morgan fingerprint density at radius 3 is 2.47 bits per heavy atom. The van der Waals surface area contributed by atoms with Gasteiger partial charge in [-0.3, -0.25) is 19.4 Å². The molecule has 10 nitrogen and oxygen atoms in total. The molecule has 0 fully saturated rings. The maximum atomic E-state index is 13.0. The van der Waals surface area contributed by atoms with Crippen LogP contribution in [0, 0.1) is 13.8 Å². The van der Waals surface area contributed by atoms with E-state index in [1.54, 1.807) is 49.5 Å². The van der Waals surface area contributed by atoms with Gasteiger partial charge in [0.05, 0.1) is 22.8 Å². The van der Waals surface area contributed by atoms with Crippen LogP contribution in [-0.4, -0.2) is 46.3 Å². The Balaban J connectivity index is 1.15. The first-order valence-electron chi connectivity index (χ1n) is 14.5. The number of aryl methyl sites for hydroxylation is 2. The number of para-hydroxylation sites is 1. The smallest absolute Gasteiger partial charge is 0.258 e. The minimum atomic E-state index is -0.480. The first-order valence-corrected chi connectivity index (χ1v) is 15.2. The van der Waals surface area contributed by atoms with E-state index in [4.69, 9.17) is 27.9 Å². The van der Waals surface area contributed by atoms with Gasteiger partial charge in [-0.15, -0.1) is 0 Å². The molecule has 0 bridgehead atoms. The van der Waals surface area contributed by atoms with Crippen LogP contribution in [0.2, 0.25) is 10.0 Å². The summed E-state index contributed by atoms with van der Waals surface area (Å²) in [4.78, 5) is 52.1. The molecule has 3 heterocycles. The van der Waals surface area contributed by atoms with Crippen LogP contribution in [0.25, 0.3) is 17.0 Å². The first kappa shape index (κ1) is 33.1. The first-order chi connectivity index (χ1) is 22.6. The van der Waals surface area contributed by atoms with E-state index in [9.17, 15) is 14.4 Å². The number of likely N-dealkylation sites (N-methyl/N-ethyl adjacent to an activating group) is 1. The molecule has 3 amide bonds. The molecule has 0 spiro atoms. The van der Waals surface area contributed by atoms with E-state index in [1.165, 1.54) is 23.4 Å². The van der Waals surface area contributed by atoms with Crippen molar-refractivity contribution in [3.05, 3.63) is 123 Å². The number of ether oxygens (including phenoxy) is 1. The van der Waals surface area contributed by atoms with Gasteiger partial charge in [0, 0.05) is 52.9 Å². The molecule has 0 unspecified atom stereocenters. The molecular weight excluding hydrogens is 639 g/mol. The number of halogens is 2. The van der Waals surface area contributed by atoms with E-state index in [-0.39, 0.29) is 24.1 Å². The van der Waals surface area contributed by atoms with Crippen molar-refractivity contribution in [1.29, 1.82) is 0 Å². The second-order valence-corrected chi connectivity index (χ2v) is 11.3. The molecule has 3 aromatic heterocycles. The van der Waals surface area contributed by atoms with Crippen LogP contribution in [0.15, 0.2) is 85.2 Å². The average molecular weight is 670 g/mol. The topological polar surface area (TPSA) is 126 Å². The molecule has 5 rings (SSSR count). The van der Waals surface area contributed by atoms with Crippen LogP contribution in [0.3, 0.4) is 0 Å². The zero-order valence-corrected chi connectivity index (χ0v) is 27.3. The highest BCUT2D eigenvalue weighted by atomic mass is 35.5. The quantitative estimate of drug-likeness (QED) is 0.161. The number of pyridine rings is 3. The monoisotopic (exact) mass is 668 g/mol. The van der Waals surface area contributed by atoms with E-state index in [1.807, 2.05) is 44.2 Å². The van der Waals surface area contributed by atoms with Crippen LogP contribution in [0.1, 0.15) is 32.9 Å². The number of rotatable bonds is 10. The average Bonchev–Trinajstić information content (AvgIpc) is 3.07. The predicted octanol–water partition coefficient (Wildman–Crippen LogP) is 6.57. The van der Waals surface area contributed by atoms with Crippen LogP contribution in [-0.2, 0) is 16.2 Å². The maximum absolute atomic E-state index is 13.0. The summed E-state index contributed by atoms with van der Waals surface area (Å²) in [5, 5.41) is 6.85. The SMILES string of the molecule is Cc1ccc(C(=O)Nc2ccc(C=CC(=O)NCC(=O)N(C)c3ccc(Cl)c(COc4cccc5ccc(C)nc45)c3Cl)cn2)cn1. The van der Waals surface area contributed by atoms with Gasteiger partial charge in [0.1, 0.15) is 23.7 Å². The van der Waals surface area contributed by atoms with E-state index in [0.717, 1.165) is 22.3 Å². The highest BCUT2D eigenvalue weighted by Gasteiger charge is 2.19. The van der Waals surface area contributed by atoms with Crippen molar-refractivity contribution >= 4 is 69.4 Å². The number of aromatic nitrogens is 3. The summed E-state index contributed by atoms with van der Waals surface area (Å²) in [7, 11) is 1.56. The Bertz CT molecular complexity index is 1980. The number of hydrogen-bond donors (Lipinski definition) is 2. The fourth-order valence-electron chi connectivity index (χ4n) is 4.48. The van der Waals surface area contributed by atoms with Crippen LogP contribution in [0.5, 0.6) is 5.75 Å². The summed E-state index contributed by atoms with van der Waals surface area (Å²) in [6.07, 6.45) is 5.83. The normalized spacial score (nSPS) is 11.0. The molecule has 5 aromatic rings. The summed E-state index contributed by atoms with van der Waals surface area (Å²) >= 11 is 13.2. The number of amides is 3. The van der Waals surface area contributed by atoms with E-state index >= 15 is 0 Å². The van der Waals surface area contributed by atoms with Crippen LogP contribution >= 0.6 is 23.2 Å². The molecule has 0 radical (unpaired) electrons. The number of benzene rings is 2. The van der Waals surface area contributed by atoms with Gasteiger partial charge < -0.3 is 20.3 Å². The van der Waals surface area contributed by atoms with Gasteiger partial charge in [0.15, 0.2) is 0 Å². The van der Waals surface area contributed by atoms with Crippen molar-refractivity contribution in [3.8, 4) is 5.75 Å². The number of fused-ring (bicyclic) bond motifs is 1. The molecular formula is C35H30Cl2N6O4. The summed E-state index contributed by atoms with van der Waals surface area (Å²) in [6, 6.07) is 19.6. The third-order valence-corrected chi connectivity index (χ3v) is 7.91. The number of nitrogens with zero attached hydrogens (tertiary/aromatic N) is 4. The lowest BCUT2D eigenvalue weighted by Gasteiger charge is -2.21. The van der Waals surface area contributed by atoms with E-state index in [2.05, 4.69) is 25.6 Å². The second-order valence-electron chi connectivity index (χ2n) is 10.6. The molecule has 0 saturated heterocycles. The lowest BCUT2D eigenvalue weighted by atomic mass is 10.1. The van der Waals surface area contributed by atoms with Gasteiger partial charge in [-0.2, -0.15) is 0 Å². The van der Waals surface area contributed by atoms with Crippen molar-refractivity contribution in [2.45, 2.75) is 20.5 Å². The Labute approximate surface area is 281 Å². The number of anilines is 2. The Hall–Kier alpha value is -5.32. The Morgan fingerprint density at radius 1 is 0.915 bits per heavy atom. The molecule has 2 N–H and O–H groups in total. The standard InChI is InChI=1S/C35H30Cl2N6O4/c1-21-7-12-25(18-38-21)35(46)42-30-15-9-23(17-39-30)10-16-31(44)40-19-32(45)43(3)28-14-13-27(36)26(33(28)37)20-47-29-6-4-5-24-11-8-22(2)41-34(24)29/h4-18H,19-20H2,1-3H3,(H,40,44)(H,39,42,46). The number of carbonyl (C=O) groups excluding carboxylic acids is 3. The molecule has 0 saturated carbocycles. The third-order valence-electron chi connectivity index (χ3n) is 7.14. The van der Waals surface area contributed by atoms with Crippen molar-refractivity contribution in [1.82, 2.24) is 20.3 Å². The van der Waals surface area contributed by atoms with Gasteiger partial charge >= 0.3 is 0 Å². The van der Waals surface area contributed by atoms with Gasteiger partial charge in [0.25, 0.3) is 5.91 Å². The van der Waals surface area contributed by atoms with Crippen molar-refractivity contribution in [2.75, 3.05) is 23.8 Å². The van der Waals surface area contributed by atoms with E-state index < -0.39 is 11.8 Å². The van der Waals surface area contributed by atoms with Crippen molar-refractivity contribution in [3.63, 3.8) is 0 Å². The summed E-state index contributed by atoms with van der Waals surface area (Å²) in [5.74, 6) is -0.283. The fraction of sp³-hybridized carbons (Fsp3) is 0.143. The zero-order valence-electron chi connectivity index (χ0n) is 25.8. The number of carbonyl (C=O) groups is 3. The molecule has 0 aliphatic carbocycles. The molecule has 12 heteroatoms. The molecule has 0 aliphatic rings. The molecule has 0 aliphatic heterocycles. The van der Waals surface area contributed by atoms with Crippen molar-refractivity contribution in [2.24, 2.45) is 0 Å². The lowest BCUT2D eigenvalue weighted by Crippen LogP contribution is -2.37. The molecule has 2 aromatic carbocycles. The largest absolute Gasteiger partial charge is 0.487 e. The Kier molecular flexibility index (Phi) is 10.4. The van der Waals surface area contributed by atoms with Crippen LogP contribution < -0.4 is 20.3 Å². The minimum absolute atomic E-state index is 0.0518. The molecule has 47 heavy (non-hydrogen) atoms. The molecule has 238 valence electrons. The summed E-state index contributed by atoms with van der Waals surface area (Å²) in [5.41, 5.74) is 4.35. The minimum Gasteiger partial charge on any atom is -0.487 e. The lowest BCUT2D eigenvalue weighted by molar-refractivity contribution is -0.122. The highest BCUT2D eigenvalue weighted by Crippen LogP contribution is 2.35. The van der Waals surface area contributed by atoms with Crippen LogP contribution in [0.4, 0.5) is 11.5 Å². The predicted molar refractivity (Wildman–Crippen MR) is 184 cm³/mol. The number of hydrogen-bond acceptors (Lipinski definition) is 7. The van der Waals surface area contributed by atoms with E-state index in [0.29, 0.717) is 39.0 Å². The molecule has 0 atom stereocenters. The van der Waals surface area contributed by atoms with Gasteiger partial charge in [0.2, 0.25) is 11.8 Å². The van der Waals surface area contributed by atoms with Gasteiger partial charge in [-0.1, -0.05) is 41.4 Å². The highest BCUT2D eigenvalue weighted by molar-refractivity contribution is 6.38. The Morgan fingerprint density at radius 2 is 1.72 bits per heavy atom. The number of nitrogens with one attached hydrogen (secondary N) is 2.